The molecule has 0 bridgehead atoms. The van der Waals surface area contributed by atoms with Gasteiger partial charge in [0.2, 0.25) is 0 Å². The molecule has 2 unspecified atom stereocenters. The Morgan fingerprint density at radius 1 is 1.14 bits per heavy atom. The van der Waals surface area contributed by atoms with E-state index in [-0.39, 0.29) is 35.8 Å². The van der Waals surface area contributed by atoms with E-state index in [9.17, 15) is 9.59 Å². The molecule has 1 aliphatic heterocycles. The van der Waals surface area contributed by atoms with Crippen molar-refractivity contribution in [1.82, 2.24) is 4.98 Å². The molecule has 3 aromatic rings. The van der Waals surface area contributed by atoms with Crippen molar-refractivity contribution in [1.29, 1.82) is 0 Å². The summed E-state index contributed by atoms with van der Waals surface area (Å²) in [4.78, 5) is 34.0. The van der Waals surface area contributed by atoms with Crippen LogP contribution in [0.5, 0.6) is 5.75 Å². The fraction of sp³-hybridized carbons (Fsp3) is 0.259. The number of oxime groups is 1. The quantitative estimate of drug-likeness (QED) is 0.356. The number of aryl methyl sites for hydroxylation is 1. The van der Waals surface area contributed by atoms with Crippen LogP contribution in [-0.4, -0.2) is 40.4 Å². The van der Waals surface area contributed by atoms with Crippen LogP contribution in [0.4, 0.5) is 5.69 Å². The van der Waals surface area contributed by atoms with Crippen LogP contribution in [-0.2, 0) is 4.84 Å². The van der Waals surface area contributed by atoms with E-state index in [4.69, 9.17) is 37.9 Å². The Morgan fingerprint density at radius 3 is 2.49 bits per heavy atom. The monoisotopic (exact) mass is 541 g/mol. The van der Waals surface area contributed by atoms with Crippen molar-refractivity contribution in [3.63, 3.8) is 0 Å². The van der Waals surface area contributed by atoms with Gasteiger partial charge in [0.25, 0.3) is 5.91 Å². The van der Waals surface area contributed by atoms with Gasteiger partial charge in [0, 0.05) is 11.3 Å². The summed E-state index contributed by atoms with van der Waals surface area (Å²) in [6.07, 6.45) is 1.23. The standard InChI is InChI=1S/C27H25Cl2N3O5/c1-14(2)25-19(24(32-37-25)22-20(28)8-5-9-21(22)29)13-36-18-10-15(3)23(30-12-18)26(33)31-17-7-4-6-16(11-17)27(34)35/h4-12,14,19,25H,13H2,1-3H3,(H,31,33)(H,34,35). The van der Waals surface area contributed by atoms with E-state index in [1.54, 1.807) is 43.3 Å². The number of hydrogen-bond acceptors (Lipinski definition) is 6. The van der Waals surface area contributed by atoms with Gasteiger partial charge in [-0.25, -0.2) is 9.78 Å². The number of halogens is 2. The van der Waals surface area contributed by atoms with Crippen LogP contribution in [0, 0.1) is 18.8 Å². The molecule has 192 valence electrons. The van der Waals surface area contributed by atoms with E-state index < -0.39 is 11.9 Å². The summed E-state index contributed by atoms with van der Waals surface area (Å²) in [5.41, 5.74) is 2.47. The maximum absolute atomic E-state index is 12.8. The number of aromatic carboxylic acids is 1. The largest absolute Gasteiger partial charge is 0.491 e. The summed E-state index contributed by atoms with van der Waals surface area (Å²) in [5, 5.41) is 17.1. The molecular weight excluding hydrogens is 517 g/mol. The Labute approximate surface area is 224 Å². The second kappa shape index (κ2) is 11.2. The molecule has 2 aromatic carbocycles. The minimum atomic E-state index is -1.08. The predicted molar refractivity (Wildman–Crippen MR) is 142 cm³/mol. The minimum absolute atomic E-state index is 0.0720. The number of anilines is 1. The molecule has 2 atom stereocenters. The summed E-state index contributed by atoms with van der Waals surface area (Å²) in [6.45, 7) is 6.05. The van der Waals surface area contributed by atoms with Gasteiger partial charge in [-0.05, 0) is 54.8 Å². The van der Waals surface area contributed by atoms with Crippen molar-refractivity contribution in [2.45, 2.75) is 26.9 Å². The highest BCUT2D eigenvalue weighted by atomic mass is 35.5. The van der Waals surface area contributed by atoms with Crippen LogP contribution in [0.25, 0.3) is 0 Å². The number of hydrogen-bond donors (Lipinski definition) is 2. The van der Waals surface area contributed by atoms with E-state index in [0.29, 0.717) is 38.3 Å². The Balaban J connectivity index is 1.49. The predicted octanol–water partition coefficient (Wildman–Crippen LogP) is 6.10. The first-order valence-electron chi connectivity index (χ1n) is 11.6. The lowest BCUT2D eigenvalue weighted by atomic mass is 9.87. The highest BCUT2D eigenvalue weighted by Gasteiger charge is 2.39. The lowest BCUT2D eigenvalue weighted by Crippen LogP contribution is -2.33. The zero-order valence-electron chi connectivity index (χ0n) is 20.4. The number of ether oxygens (including phenoxy) is 1. The van der Waals surface area contributed by atoms with E-state index in [0.717, 1.165) is 0 Å². The number of aromatic nitrogens is 1. The fourth-order valence-corrected chi connectivity index (χ4v) is 4.71. The van der Waals surface area contributed by atoms with Crippen LogP contribution in [0.2, 0.25) is 10.0 Å². The number of rotatable bonds is 8. The number of carbonyl (C=O) groups is 2. The van der Waals surface area contributed by atoms with Gasteiger partial charge in [-0.3, -0.25) is 4.79 Å². The van der Waals surface area contributed by atoms with Gasteiger partial charge >= 0.3 is 5.97 Å². The minimum Gasteiger partial charge on any atom is -0.491 e. The number of carboxylic acid groups (broad SMARTS) is 1. The van der Waals surface area contributed by atoms with Crippen LogP contribution >= 0.6 is 23.2 Å². The molecule has 0 aliphatic carbocycles. The van der Waals surface area contributed by atoms with Crippen LogP contribution in [0.15, 0.2) is 59.9 Å². The van der Waals surface area contributed by atoms with Crippen molar-refractivity contribution in [3.05, 3.63) is 87.2 Å². The zero-order valence-corrected chi connectivity index (χ0v) is 21.9. The smallest absolute Gasteiger partial charge is 0.335 e. The molecule has 1 amide bonds. The first-order valence-corrected chi connectivity index (χ1v) is 12.3. The molecule has 0 spiro atoms. The molecule has 0 radical (unpaired) electrons. The Bertz CT molecular complexity index is 1360. The lowest BCUT2D eigenvalue weighted by Gasteiger charge is -2.23. The fourth-order valence-electron chi connectivity index (χ4n) is 4.12. The van der Waals surface area contributed by atoms with Gasteiger partial charge < -0.3 is 20.0 Å². The summed E-state index contributed by atoms with van der Waals surface area (Å²) in [5.74, 6) is -1.15. The number of pyridine rings is 1. The van der Waals surface area contributed by atoms with Gasteiger partial charge in [-0.15, -0.1) is 0 Å². The molecule has 1 aromatic heterocycles. The van der Waals surface area contributed by atoms with E-state index in [2.05, 4.69) is 15.5 Å². The number of carboxylic acids is 1. The van der Waals surface area contributed by atoms with Crippen molar-refractivity contribution in [2.75, 3.05) is 11.9 Å². The van der Waals surface area contributed by atoms with Gasteiger partial charge in [0.05, 0.1) is 27.7 Å². The first-order chi connectivity index (χ1) is 17.7. The normalized spacial score (nSPS) is 16.8. The molecule has 0 saturated carbocycles. The van der Waals surface area contributed by atoms with Crippen molar-refractivity contribution in [2.24, 2.45) is 17.0 Å². The topological polar surface area (TPSA) is 110 Å². The molecule has 2 N–H and O–H groups in total. The Hall–Kier alpha value is -3.62. The number of nitrogens with zero attached hydrogens (tertiary/aromatic N) is 2. The number of amides is 1. The van der Waals surface area contributed by atoms with Crippen LogP contribution < -0.4 is 10.1 Å². The first kappa shape index (κ1) is 26.4. The molecule has 0 saturated heterocycles. The van der Waals surface area contributed by atoms with Crippen molar-refractivity contribution < 1.29 is 24.3 Å². The molecule has 4 rings (SSSR count). The van der Waals surface area contributed by atoms with E-state index in [1.807, 2.05) is 13.8 Å². The van der Waals surface area contributed by atoms with Crippen molar-refractivity contribution in [3.8, 4) is 5.75 Å². The highest BCUT2D eigenvalue weighted by molar-refractivity contribution is 6.40. The molecule has 1 aliphatic rings. The third kappa shape index (κ3) is 5.87. The maximum Gasteiger partial charge on any atom is 0.335 e. The Morgan fingerprint density at radius 2 is 1.84 bits per heavy atom. The average Bonchev–Trinajstić information content (AvgIpc) is 3.26. The van der Waals surface area contributed by atoms with Gasteiger partial charge in [-0.2, -0.15) is 0 Å². The number of nitrogens with one attached hydrogen (secondary N) is 1. The summed E-state index contributed by atoms with van der Waals surface area (Å²) in [7, 11) is 0. The third-order valence-corrected chi connectivity index (χ3v) is 6.59. The lowest BCUT2D eigenvalue weighted by molar-refractivity contribution is 0.0177. The number of carbonyl (C=O) groups excluding carboxylic acids is 1. The van der Waals surface area contributed by atoms with Crippen molar-refractivity contribution >= 4 is 46.5 Å². The Kier molecular flexibility index (Phi) is 8.00. The molecule has 37 heavy (non-hydrogen) atoms. The maximum atomic E-state index is 12.8. The SMILES string of the molecule is Cc1cc(OCC2C(c3c(Cl)cccc3Cl)=NOC2C(C)C)cnc1C(=O)Nc1cccc(C(=O)O)c1. The average molecular weight is 542 g/mol. The molecular formula is C27H25Cl2N3O5. The summed E-state index contributed by atoms with van der Waals surface area (Å²) in [6, 6.07) is 13.0. The molecule has 0 fully saturated rings. The third-order valence-electron chi connectivity index (χ3n) is 5.96. The van der Waals surface area contributed by atoms with Crippen LogP contribution in [0.3, 0.4) is 0 Å². The second-order valence-corrected chi connectivity index (χ2v) is 9.80. The highest BCUT2D eigenvalue weighted by Crippen LogP contribution is 2.35. The zero-order chi connectivity index (χ0) is 26.7. The number of benzene rings is 2. The van der Waals surface area contributed by atoms with Gasteiger partial charge in [0.1, 0.15) is 29.9 Å². The van der Waals surface area contributed by atoms with Gasteiger partial charge in [-0.1, -0.05) is 54.3 Å². The van der Waals surface area contributed by atoms with E-state index in [1.165, 1.54) is 18.3 Å². The van der Waals surface area contributed by atoms with E-state index >= 15 is 0 Å². The van der Waals surface area contributed by atoms with Gasteiger partial charge in [0.15, 0.2) is 0 Å². The summed E-state index contributed by atoms with van der Waals surface area (Å²) < 4.78 is 6.07. The second-order valence-electron chi connectivity index (χ2n) is 8.98. The molecule has 2 heterocycles. The van der Waals surface area contributed by atoms with Crippen LogP contribution in [0.1, 0.15) is 45.8 Å². The molecule has 8 nitrogen and oxygen atoms in total. The molecule has 10 heteroatoms. The summed E-state index contributed by atoms with van der Waals surface area (Å²) >= 11 is 12.9.